The van der Waals surface area contributed by atoms with Crippen molar-refractivity contribution in [2.75, 3.05) is 33.4 Å². The highest BCUT2D eigenvalue weighted by Gasteiger charge is 2.53. The fourth-order valence-corrected chi connectivity index (χ4v) is 5.73. The maximum Gasteiger partial charge on any atom is 0.272 e. The van der Waals surface area contributed by atoms with Crippen molar-refractivity contribution in [1.82, 2.24) is 4.90 Å². The Morgan fingerprint density at radius 2 is 2.23 bits per heavy atom. The maximum absolute atomic E-state index is 12.9. The molecule has 2 fully saturated rings. The van der Waals surface area contributed by atoms with Crippen molar-refractivity contribution in [2.24, 2.45) is 5.92 Å². The molecule has 144 valence electrons. The summed E-state index contributed by atoms with van der Waals surface area (Å²) in [7, 11) is 1.74. The summed E-state index contributed by atoms with van der Waals surface area (Å²) in [6.07, 6.45) is 3.55. The van der Waals surface area contributed by atoms with E-state index in [4.69, 9.17) is 12.2 Å². The Balaban J connectivity index is 1.68. The molecule has 3 nitrogen and oxygen atoms in total. The van der Waals surface area contributed by atoms with E-state index in [1.54, 1.807) is 13.2 Å². The van der Waals surface area contributed by atoms with Crippen LogP contribution in [-0.4, -0.2) is 50.7 Å². The molecular weight excluding hydrogens is 336 g/mol. The third kappa shape index (κ3) is 3.13. The molecule has 0 N–H and O–H groups in total. The van der Waals surface area contributed by atoms with E-state index in [0.29, 0.717) is 12.0 Å². The lowest BCUT2D eigenvalue weighted by Gasteiger charge is -2.59. The second-order valence-corrected chi connectivity index (χ2v) is 7.90. The van der Waals surface area contributed by atoms with Crippen LogP contribution in [0.4, 0.5) is 8.78 Å². The molecule has 2 aliphatic carbocycles. The molecule has 1 saturated carbocycles. The number of methoxy groups -OCH3 is 1. The van der Waals surface area contributed by atoms with Crippen LogP contribution in [0.15, 0.2) is 18.2 Å². The highest BCUT2D eigenvalue weighted by Crippen LogP contribution is 2.56. The Hall–Kier alpha value is -1.20. The highest BCUT2D eigenvalue weighted by molar-refractivity contribution is 5.45. The first-order valence-corrected chi connectivity index (χ1v) is 9.71. The van der Waals surface area contributed by atoms with Crippen LogP contribution in [0.3, 0.4) is 0 Å². The van der Waals surface area contributed by atoms with E-state index in [1.165, 1.54) is 30.4 Å². The fourth-order valence-electron chi connectivity index (χ4n) is 5.73. The smallest absolute Gasteiger partial charge is 0.272 e. The molecule has 3 aliphatic rings. The predicted molar refractivity (Wildman–Crippen MR) is 97.1 cm³/mol. The van der Waals surface area contributed by atoms with E-state index < -0.39 is 13.0 Å². The molecule has 26 heavy (non-hydrogen) atoms. The van der Waals surface area contributed by atoms with Crippen molar-refractivity contribution in [3.8, 4) is 5.75 Å². The van der Waals surface area contributed by atoms with Gasteiger partial charge in [-0.3, -0.25) is 4.90 Å². The van der Waals surface area contributed by atoms with Gasteiger partial charge in [0.1, 0.15) is 12.3 Å². The number of hydrogen-bond acceptors (Lipinski definition) is 3. The summed E-state index contributed by atoms with van der Waals surface area (Å²) in [6, 6.07) is 5.96. The Bertz CT molecular complexity index is 718. The topological polar surface area (TPSA) is 21.7 Å². The number of halogens is 2. The van der Waals surface area contributed by atoms with E-state index in [2.05, 4.69) is 4.90 Å². The first-order chi connectivity index (χ1) is 13.4. The third-order valence-electron chi connectivity index (χ3n) is 6.77. The van der Waals surface area contributed by atoms with E-state index in [9.17, 15) is 8.78 Å². The number of fused-ring (bicyclic) bond motifs is 1. The monoisotopic (exact) mass is 367 g/mol. The molecule has 0 spiro atoms. The molecule has 2 bridgehead atoms. The number of rotatable bonds is 6. The molecule has 0 aromatic heterocycles. The van der Waals surface area contributed by atoms with Gasteiger partial charge >= 0.3 is 0 Å². The number of nitrogens with zero attached hydrogens (tertiary/aromatic N) is 1. The minimum absolute atomic E-state index is 0.0665. The number of ether oxygens (including phenoxy) is 2. The van der Waals surface area contributed by atoms with E-state index >= 15 is 0 Å². The summed E-state index contributed by atoms with van der Waals surface area (Å²) < 4.78 is 51.1. The molecule has 0 amide bonds. The van der Waals surface area contributed by atoms with Crippen LogP contribution in [0, 0.1) is 5.92 Å². The van der Waals surface area contributed by atoms with Gasteiger partial charge in [0.25, 0.3) is 6.43 Å². The average molecular weight is 367 g/mol. The summed E-state index contributed by atoms with van der Waals surface area (Å²) in [6.45, 7) is -0.275. The minimum atomic E-state index is -3.18. The van der Waals surface area contributed by atoms with Crippen LogP contribution in [0.2, 0.25) is 0 Å². The van der Waals surface area contributed by atoms with Crippen molar-refractivity contribution >= 4 is 0 Å². The zero-order valence-corrected chi connectivity index (χ0v) is 15.3. The molecule has 5 heteroatoms. The van der Waals surface area contributed by atoms with Crippen molar-refractivity contribution in [2.45, 2.75) is 56.4 Å². The summed E-state index contributed by atoms with van der Waals surface area (Å²) in [5.41, 5.74) is 2.54. The predicted octanol–water partition coefficient (Wildman–Crippen LogP) is 4.04. The van der Waals surface area contributed by atoms with Gasteiger partial charge in [-0.2, -0.15) is 0 Å². The summed E-state index contributed by atoms with van der Waals surface area (Å²) in [4.78, 5) is 2.57. The minimum Gasteiger partial charge on any atom is -0.488 e. The van der Waals surface area contributed by atoms with Gasteiger partial charge < -0.3 is 9.47 Å². The van der Waals surface area contributed by atoms with Gasteiger partial charge in [0, 0.05) is 25.1 Å². The van der Waals surface area contributed by atoms with Crippen molar-refractivity contribution in [3.05, 3.63) is 29.3 Å². The van der Waals surface area contributed by atoms with Crippen molar-refractivity contribution in [3.63, 3.8) is 0 Å². The van der Waals surface area contributed by atoms with Gasteiger partial charge in [0.05, 0.1) is 9.35 Å². The van der Waals surface area contributed by atoms with Crippen LogP contribution in [0.5, 0.6) is 5.75 Å². The summed E-state index contributed by atoms with van der Waals surface area (Å²) >= 11 is 0. The molecule has 1 saturated heterocycles. The molecule has 1 aromatic rings. The first kappa shape index (κ1) is 15.8. The lowest BCUT2D eigenvalue weighted by atomic mass is 9.52. The molecular formula is C21H29F2NO2. The Kier molecular flexibility index (Phi) is 4.52. The van der Waals surface area contributed by atoms with Crippen LogP contribution < -0.4 is 4.74 Å². The van der Waals surface area contributed by atoms with Gasteiger partial charge in [-0.1, -0.05) is 18.9 Å². The molecule has 4 rings (SSSR count). The Morgan fingerprint density at radius 3 is 3.04 bits per heavy atom. The lowest BCUT2D eigenvalue weighted by molar-refractivity contribution is -0.0207. The number of hydrogen-bond donors (Lipinski definition) is 0. The van der Waals surface area contributed by atoms with E-state index in [-0.39, 0.29) is 11.2 Å². The van der Waals surface area contributed by atoms with Crippen molar-refractivity contribution < 1.29 is 21.0 Å². The molecule has 1 aromatic carbocycles. The van der Waals surface area contributed by atoms with E-state index in [0.717, 1.165) is 39.0 Å². The quantitative estimate of drug-likeness (QED) is 0.758. The molecule has 0 unspecified atom stereocenters. The lowest BCUT2D eigenvalue weighted by Crippen LogP contribution is -2.61. The van der Waals surface area contributed by atoms with E-state index in [1.807, 2.05) is 12.1 Å². The maximum atomic E-state index is 12.9. The largest absolute Gasteiger partial charge is 0.488 e. The van der Waals surface area contributed by atoms with Gasteiger partial charge in [-0.05, 0) is 61.4 Å². The van der Waals surface area contributed by atoms with Gasteiger partial charge in [0.15, 0.2) is 0 Å². The zero-order chi connectivity index (χ0) is 19.9. The summed E-state index contributed by atoms with van der Waals surface area (Å²) in [5, 5.41) is 0. The number of likely N-dealkylation sites (tertiary alicyclic amines) is 1. The molecule has 3 atom stereocenters. The fraction of sp³-hybridized carbons (Fsp3) is 0.714. The Labute approximate surface area is 157 Å². The number of benzene rings is 1. The van der Waals surface area contributed by atoms with Gasteiger partial charge in [0.2, 0.25) is 0 Å². The first-order valence-electron chi connectivity index (χ1n) is 10.7. The molecule has 1 aliphatic heterocycles. The second-order valence-electron chi connectivity index (χ2n) is 7.90. The van der Waals surface area contributed by atoms with Crippen LogP contribution >= 0.6 is 0 Å². The second kappa shape index (κ2) is 7.43. The van der Waals surface area contributed by atoms with Gasteiger partial charge in [-0.25, -0.2) is 8.78 Å². The third-order valence-corrected chi connectivity index (χ3v) is 6.77. The normalized spacial score (nSPS) is 32.5. The standard InChI is InChI=1S/C21H29F2NO2/c1-25-11-10-24-9-8-21-7-3-2-4-17(21)19(24)12-15-5-6-16(13-18(15)21)26-14-20(22)23/h5-6,13,17,19-20H,2-4,7-12,14H2,1H3/t17-,19+,21+/m1/s1/i14D2. The zero-order valence-electron chi connectivity index (χ0n) is 17.3. The van der Waals surface area contributed by atoms with Crippen LogP contribution in [0.1, 0.15) is 46.0 Å². The number of piperidine rings is 1. The molecule has 0 radical (unpaired) electrons. The van der Waals surface area contributed by atoms with Crippen LogP contribution in [0.25, 0.3) is 0 Å². The summed E-state index contributed by atoms with van der Waals surface area (Å²) in [5.74, 6) is 0.768. The van der Waals surface area contributed by atoms with Crippen LogP contribution in [-0.2, 0) is 16.6 Å². The highest BCUT2D eigenvalue weighted by atomic mass is 19.3. The molecule has 1 heterocycles. The average Bonchev–Trinajstić information content (AvgIpc) is 2.67. The number of alkyl halides is 2. The SMILES string of the molecule is [2H]C([2H])(Oc1ccc2c(c1)[C@]13CCCC[C@@H]1[C@H](C2)N(CCOC)CC3)C(F)F. The van der Waals surface area contributed by atoms with Gasteiger partial charge in [-0.15, -0.1) is 0 Å². The Morgan fingerprint density at radius 1 is 1.35 bits per heavy atom. The van der Waals surface area contributed by atoms with Crippen molar-refractivity contribution in [1.29, 1.82) is 0 Å².